The van der Waals surface area contributed by atoms with E-state index in [4.69, 9.17) is 11.6 Å². The molecule has 4 rings (SSSR count). The van der Waals surface area contributed by atoms with Crippen molar-refractivity contribution >= 4 is 46.0 Å². The lowest BCUT2D eigenvalue weighted by Gasteiger charge is -2.21. The standard InChI is InChI=1S/C26H23ClN4O3/c1-17-10-12-19(13-11-17)15-30(18(2)32)25-26(34)31(23-9-4-3-8-22(23)29-25)16-24(33)28-21-7-5-6-20(27)14-21/h3-14H,15-16H2,1-2H3,(H,28,33). The third-order valence-electron chi connectivity index (χ3n) is 5.34. The van der Waals surface area contributed by atoms with Crippen LogP contribution in [0.3, 0.4) is 0 Å². The number of benzene rings is 3. The predicted octanol–water partition coefficient (Wildman–Crippen LogP) is 4.55. The number of hydrogen-bond acceptors (Lipinski definition) is 4. The van der Waals surface area contributed by atoms with Gasteiger partial charge in [0.25, 0.3) is 5.56 Å². The smallest absolute Gasteiger partial charge is 0.294 e. The largest absolute Gasteiger partial charge is 0.324 e. The van der Waals surface area contributed by atoms with Crippen LogP contribution in [0, 0.1) is 6.92 Å². The van der Waals surface area contributed by atoms with Crippen LogP contribution in [-0.4, -0.2) is 21.4 Å². The monoisotopic (exact) mass is 474 g/mol. The highest BCUT2D eigenvalue weighted by atomic mass is 35.5. The Morgan fingerprint density at radius 3 is 2.47 bits per heavy atom. The number of anilines is 2. The Hall–Kier alpha value is -3.97. The highest BCUT2D eigenvalue weighted by Gasteiger charge is 2.22. The summed E-state index contributed by atoms with van der Waals surface area (Å²) in [6.07, 6.45) is 0. The summed E-state index contributed by atoms with van der Waals surface area (Å²) in [5.74, 6) is -0.753. The van der Waals surface area contributed by atoms with Crippen LogP contribution in [-0.2, 0) is 22.7 Å². The molecule has 4 aromatic rings. The van der Waals surface area contributed by atoms with Gasteiger partial charge in [-0.05, 0) is 42.8 Å². The number of carbonyl (C=O) groups is 2. The van der Waals surface area contributed by atoms with E-state index in [2.05, 4.69) is 10.3 Å². The summed E-state index contributed by atoms with van der Waals surface area (Å²) in [6.45, 7) is 3.30. The van der Waals surface area contributed by atoms with Gasteiger partial charge >= 0.3 is 0 Å². The summed E-state index contributed by atoms with van der Waals surface area (Å²) >= 11 is 6.00. The van der Waals surface area contributed by atoms with Crippen molar-refractivity contribution in [2.45, 2.75) is 26.9 Å². The van der Waals surface area contributed by atoms with Gasteiger partial charge in [0.05, 0.1) is 17.6 Å². The topological polar surface area (TPSA) is 84.3 Å². The van der Waals surface area contributed by atoms with Gasteiger partial charge in [0.15, 0.2) is 0 Å². The SMILES string of the molecule is CC(=O)N(Cc1ccc(C)cc1)c1nc2ccccc2n(CC(=O)Nc2cccc(Cl)c2)c1=O. The van der Waals surface area contributed by atoms with Gasteiger partial charge in [0, 0.05) is 17.6 Å². The number of amides is 2. The van der Waals surface area contributed by atoms with Crippen molar-refractivity contribution in [3.63, 3.8) is 0 Å². The van der Waals surface area contributed by atoms with Crippen molar-refractivity contribution in [1.29, 1.82) is 0 Å². The minimum Gasteiger partial charge on any atom is -0.324 e. The number of halogens is 1. The van der Waals surface area contributed by atoms with E-state index in [0.29, 0.717) is 21.7 Å². The molecule has 0 aliphatic rings. The van der Waals surface area contributed by atoms with E-state index in [1.807, 2.05) is 31.2 Å². The second kappa shape index (κ2) is 9.89. The van der Waals surface area contributed by atoms with Crippen molar-refractivity contribution in [2.75, 3.05) is 10.2 Å². The summed E-state index contributed by atoms with van der Waals surface area (Å²) in [6, 6.07) is 21.5. The molecule has 0 aliphatic carbocycles. The fraction of sp³-hybridized carbons (Fsp3) is 0.154. The number of nitrogens with zero attached hydrogens (tertiary/aromatic N) is 3. The molecule has 0 saturated carbocycles. The van der Waals surface area contributed by atoms with Gasteiger partial charge in [0.1, 0.15) is 6.54 Å². The maximum absolute atomic E-state index is 13.5. The molecule has 34 heavy (non-hydrogen) atoms. The first kappa shape index (κ1) is 23.2. The highest BCUT2D eigenvalue weighted by molar-refractivity contribution is 6.30. The Bertz CT molecular complexity index is 1430. The van der Waals surface area contributed by atoms with E-state index in [1.54, 1.807) is 48.5 Å². The van der Waals surface area contributed by atoms with Crippen LogP contribution in [0.5, 0.6) is 0 Å². The molecular formula is C26H23ClN4O3. The number of para-hydroxylation sites is 2. The normalized spacial score (nSPS) is 10.8. The van der Waals surface area contributed by atoms with Gasteiger partial charge < -0.3 is 5.32 Å². The van der Waals surface area contributed by atoms with Crippen LogP contribution in [0.1, 0.15) is 18.1 Å². The molecule has 1 aromatic heterocycles. The second-order valence-electron chi connectivity index (χ2n) is 7.96. The molecule has 1 heterocycles. The molecule has 3 aromatic carbocycles. The molecule has 0 radical (unpaired) electrons. The minimum absolute atomic E-state index is 0.0256. The molecular weight excluding hydrogens is 452 g/mol. The van der Waals surface area contributed by atoms with Crippen molar-refractivity contribution in [2.24, 2.45) is 0 Å². The van der Waals surface area contributed by atoms with E-state index in [-0.39, 0.29) is 24.8 Å². The van der Waals surface area contributed by atoms with Gasteiger partial charge in [-0.3, -0.25) is 23.9 Å². The zero-order valence-electron chi connectivity index (χ0n) is 18.8. The average Bonchev–Trinajstić information content (AvgIpc) is 2.80. The first-order chi connectivity index (χ1) is 16.3. The third kappa shape index (κ3) is 5.15. The lowest BCUT2D eigenvalue weighted by Crippen LogP contribution is -2.38. The van der Waals surface area contributed by atoms with Crippen molar-refractivity contribution < 1.29 is 9.59 Å². The third-order valence-corrected chi connectivity index (χ3v) is 5.58. The quantitative estimate of drug-likeness (QED) is 0.444. The van der Waals surface area contributed by atoms with E-state index in [1.165, 1.54) is 16.4 Å². The van der Waals surface area contributed by atoms with Crippen LogP contribution in [0.4, 0.5) is 11.5 Å². The number of carbonyl (C=O) groups excluding carboxylic acids is 2. The van der Waals surface area contributed by atoms with Gasteiger partial charge in [-0.1, -0.05) is 59.6 Å². The molecule has 1 N–H and O–H groups in total. The molecule has 0 unspecified atom stereocenters. The summed E-state index contributed by atoms with van der Waals surface area (Å²) in [4.78, 5) is 44.7. The van der Waals surface area contributed by atoms with E-state index in [0.717, 1.165) is 11.1 Å². The second-order valence-corrected chi connectivity index (χ2v) is 8.40. The molecule has 0 spiro atoms. The maximum atomic E-state index is 13.5. The maximum Gasteiger partial charge on any atom is 0.294 e. The van der Waals surface area contributed by atoms with Crippen molar-refractivity contribution in [3.05, 3.63) is 99.3 Å². The Morgan fingerprint density at radius 2 is 1.76 bits per heavy atom. The number of rotatable bonds is 6. The van der Waals surface area contributed by atoms with E-state index < -0.39 is 11.5 Å². The predicted molar refractivity (Wildman–Crippen MR) is 134 cm³/mol. The average molecular weight is 475 g/mol. The van der Waals surface area contributed by atoms with E-state index >= 15 is 0 Å². The zero-order chi connectivity index (χ0) is 24.2. The van der Waals surface area contributed by atoms with Crippen molar-refractivity contribution in [1.82, 2.24) is 9.55 Å². The van der Waals surface area contributed by atoms with E-state index in [9.17, 15) is 14.4 Å². The Morgan fingerprint density at radius 1 is 1.03 bits per heavy atom. The number of nitrogens with one attached hydrogen (secondary N) is 1. The van der Waals surface area contributed by atoms with Crippen LogP contribution < -0.4 is 15.8 Å². The van der Waals surface area contributed by atoms with Gasteiger partial charge in [-0.2, -0.15) is 0 Å². The van der Waals surface area contributed by atoms with Crippen LogP contribution in [0.25, 0.3) is 11.0 Å². The molecule has 7 nitrogen and oxygen atoms in total. The number of aromatic nitrogens is 2. The molecule has 0 aliphatic heterocycles. The molecule has 0 saturated heterocycles. The minimum atomic E-state index is -0.526. The number of aryl methyl sites for hydroxylation is 1. The highest BCUT2D eigenvalue weighted by Crippen LogP contribution is 2.18. The van der Waals surface area contributed by atoms with Gasteiger partial charge in [-0.25, -0.2) is 4.98 Å². The number of hydrogen-bond donors (Lipinski definition) is 1. The molecule has 2 amide bonds. The number of fused-ring (bicyclic) bond motifs is 1. The zero-order valence-corrected chi connectivity index (χ0v) is 19.5. The van der Waals surface area contributed by atoms with Crippen LogP contribution in [0.2, 0.25) is 5.02 Å². The first-order valence-corrected chi connectivity index (χ1v) is 11.1. The fourth-order valence-corrected chi connectivity index (χ4v) is 3.82. The molecule has 0 bridgehead atoms. The lowest BCUT2D eigenvalue weighted by atomic mass is 10.1. The Kier molecular flexibility index (Phi) is 6.75. The molecule has 0 fully saturated rings. The summed E-state index contributed by atoms with van der Waals surface area (Å²) in [5.41, 5.74) is 2.95. The lowest BCUT2D eigenvalue weighted by molar-refractivity contribution is -0.117. The fourth-order valence-electron chi connectivity index (χ4n) is 3.63. The first-order valence-electron chi connectivity index (χ1n) is 10.7. The van der Waals surface area contributed by atoms with Gasteiger partial charge in [-0.15, -0.1) is 0 Å². The Balaban J connectivity index is 1.74. The molecule has 8 heteroatoms. The molecule has 172 valence electrons. The summed E-state index contributed by atoms with van der Waals surface area (Å²) in [5, 5.41) is 3.24. The summed E-state index contributed by atoms with van der Waals surface area (Å²) < 4.78 is 1.34. The summed E-state index contributed by atoms with van der Waals surface area (Å²) in [7, 11) is 0. The van der Waals surface area contributed by atoms with Crippen LogP contribution in [0.15, 0.2) is 77.6 Å². The Labute approximate surface area is 201 Å². The van der Waals surface area contributed by atoms with Gasteiger partial charge in [0.2, 0.25) is 17.6 Å². The van der Waals surface area contributed by atoms with Crippen molar-refractivity contribution in [3.8, 4) is 0 Å². The van der Waals surface area contributed by atoms with Crippen LogP contribution >= 0.6 is 11.6 Å². The molecule has 0 atom stereocenters.